The summed E-state index contributed by atoms with van der Waals surface area (Å²) in [6.45, 7) is 3.53. The van der Waals surface area contributed by atoms with Crippen LogP contribution in [0.5, 0.6) is 0 Å². The van der Waals surface area contributed by atoms with E-state index < -0.39 is 0 Å². The molecule has 0 fully saturated rings. The summed E-state index contributed by atoms with van der Waals surface area (Å²) >= 11 is 5.35. The van der Waals surface area contributed by atoms with E-state index in [1.807, 2.05) is 24.3 Å². The predicted octanol–water partition coefficient (Wildman–Crippen LogP) is 2.35. The molecule has 2 rings (SSSR count). The minimum Gasteiger partial charge on any atom is -0.309 e. The molecule has 0 aliphatic heterocycles. The van der Waals surface area contributed by atoms with Gasteiger partial charge in [-0.2, -0.15) is 0 Å². The Morgan fingerprint density at radius 3 is 1.72 bits per heavy atom. The van der Waals surface area contributed by atoms with Gasteiger partial charge in [-0.3, -0.25) is 9.59 Å². The molecule has 94 valence electrons. The number of imidazole rings is 1. The maximum Gasteiger partial charge on any atom is 0.181 e. The van der Waals surface area contributed by atoms with Crippen LogP contribution < -0.4 is 0 Å². The fourth-order valence-corrected chi connectivity index (χ4v) is 2.35. The average Bonchev–Trinajstić information content (AvgIpc) is 2.54. The molecule has 1 aromatic carbocycles. The second-order valence-corrected chi connectivity index (χ2v) is 4.71. The second-order valence-electron chi connectivity index (χ2n) is 4.35. The molecular formula is C13H14N2O2S. The van der Waals surface area contributed by atoms with Gasteiger partial charge in [0.2, 0.25) is 0 Å². The number of carbonyl (C=O) groups excluding carboxylic acids is 2. The van der Waals surface area contributed by atoms with E-state index in [2.05, 4.69) is 0 Å². The molecule has 1 heterocycles. The van der Waals surface area contributed by atoms with Crippen LogP contribution in [0.1, 0.15) is 13.8 Å². The van der Waals surface area contributed by atoms with Crippen LogP contribution in [0.15, 0.2) is 24.3 Å². The lowest BCUT2D eigenvalue weighted by molar-refractivity contribution is -0.118. The molecule has 0 amide bonds. The van der Waals surface area contributed by atoms with Gasteiger partial charge in [-0.15, -0.1) is 0 Å². The van der Waals surface area contributed by atoms with Crippen molar-refractivity contribution < 1.29 is 9.59 Å². The molecule has 0 atom stereocenters. The van der Waals surface area contributed by atoms with Crippen molar-refractivity contribution in [1.29, 1.82) is 0 Å². The van der Waals surface area contributed by atoms with E-state index in [-0.39, 0.29) is 24.7 Å². The first-order valence-corrected chi connectivity index (χ1v) is 6.08. The number of para-hydroxylation sites is 2. The number of Topliss-reactive ketones (excluding diaryl/α,β-unsaturated/α-hetero) is 2. The maximum atomic E-state index is 11.3. The zero-order valence-electron chi connectivity index (χ0n) is 10.3. The van der Waals surface area contributed by atoms with Gasteiger partial charge in [-0.05, 0) is 38.2 Å². The number of nitrogens with zero attached hydrogens (tertiary/aromatic N) is 2. The van der Waals surface area contributed by atoms with Crippen molar-refractivity contribution >= 4 is 34.8 Å². The van der Waals surface area contributed by atoms with E-state index in [9.17, 15) is 9.59 Å². The fraction of sp³-hybridized carbons (Fsp3) is 0.308. The summed E-state index contributed by atoms with van der Waals surface area (Å²) in [4.78, 5) is 22.6. The van der Waals surface area contributed by atoms with Crippen molar-refractivity contribution in [2.45, 2.75) is 26.9 Å². The number of aromatic nitrogens is 2. The van der Waals surface area contributed by atoms with E-state index in [1.54, 1.807) is 9.13 Å². The molecule has 1 aromatic heterocycles. The number of fused-ring (bicyclic) bond motifs is 1. The third-order valence-corrected chi connectivity index (χ3v) is 3.13. The summed E-state index contributed by atoms with van der Waals surface area (Å²) in [7, 11) is 0. The molecule has 0 unspecified atom stereocenters. The Kier molecular flexibility index (Phi) is 3.43. The van der Waals surface area contributed by atoms with Crippen molar-refractivity contribution in [3.63, 3.8) is 0 Å². The quantitative estimate of drug-likeness (QED) is 0.794. The molecule has 0 bridgehead atoms. The highest BCUT2D eigenvalue weighted by molar-refractivity contribution is 7.71. The first-order chi connectivity index (χ1) is 8.50. The molecule has 0 aliphatic rings. The predicted molar refractivity (Wildman–Crippen MR) is 72.1 cm³/mol. The standard InChI is InChI=1S/C13H14N2O2S/c1-9(16)7-14-11-5-3-4-6-12(11)15(13(14)18)8-10(2)17/h3-6H,7-8H2,1-2H3. The Balaban J connectivity index is 2.71. The van der Waals surface area contributed by atoms with E-state index in [0.717, 1.165) is 11.0 Å². The molecule has 0 saturated carbocycles. The Labute approximate surface area is 110 Å². The van der Waals surface area contributed by atoms with Gasteiger partial charge >= 0.3 is 0 Å². The molecule has 0 aliphatic carbocycles. The Morgan fingerprint density at radius 2 is 1.39 bits per heavy atom. The zero-order valence-corrected chi connectivity index (χ0v) is 11.2. The third kappa shape index (κ3) is 2.26. The van der Waals surface area contributed by atoms with Crippen LogP contribution in [0.3, 0.4) is 0 Å². The molecule has 18 heavy (non-hydrogen) atoms. The van der Waals surface area contributed by atoms with Crippen LogP contribution >= 0.6 is 12.2 Å². The van der Waals surface area contributed by atoms with Gasteiger partial charge in [0.25, 0.3) is 0 Å². The normalized spacial score (nSPS) is 10.8. The summed E-state index contributed by atoms with van der Waals surface area (Å²) in [6.07, 6.45) is 0. The second kappa shape index (κ2) is 4.86. The topological polar surface area (TPSA) is 44.0 Å². The van der Waals surface area contributed by atoms with Crippen LogP contribution in [-0.2, 0) is 22.7 Å². The third-order valence-electron chi connectivity index (χ3n) is 2.69. The van der Waals surface area contributed by atoms with E-state index >= 15 is 0 Å². The van der Waals surface area contributed by atoms with Gasteiger partial charge in [0, 0.05) is 0 Å². The molecule has 0 saturated heterocycles. The highest BCUT2D eigenvalue weighted by Gasteiger charge is 2.12. The van der Waals surface area contributed by atoms with E-state index in [1.165, 1.54) is 13.8 Å². The Bertz CT molecular complexity index is 626. The van der Waals surface area contributed by atoms with Crippen LogP contribution in [-0.4, -0.2) is 20.7 Å². The smallest absolute Gasteiger partial charge is 0.181 e. The van der Waals surface area contributed by atoms with Crippen LogP contribution in [0.25, 0.3) is 11.0 Å². The number of carbonyl (C=O) groups is 2. The lowest BCUT2D eigenvalue weighted by Gasteiger charge is -2.00. The summed E-state index contributed by atoms with van der Waals surface area (Å²) in [5.74, 6) is 0.0775. The Morgan fingerprint density at radius 1 is 1.00 bits per heavy atom. The minimum absolute atomic E-state index is 0.0387. The lowest BCUT2D eigenvalue weighted by atomic mass is 10.3. The van der Waals surface area contributed by atoms with E-state index in [4.69, 9.17) is 12.2 Å². The van der Waals surface area contributed by atoms with Crippen molar-refractivity contribution in [2.24, 2.45) is 0 Å². The molecule has 4 nitrogen and oxygen atoms in total. The fourth-order valence-electron chi connectivity index (χ4n) is 2.02. The van der Waals surface area contributed by atoms with Crippen molar-refractivity contribution in [3.8, 4) is 0 Å². The van der Waals surface area contributed by atoms with Gasteiger partial charge in [0.1, 0.15) is 11.6 Å². The molecule has 0 spiro atoms. The molecule has 0 radical (unpaired) electrons. The zero-order chi connectivity index (χ0) is 13.3. The molecule has 5 heteroatoms. The highest BCUT2D eigenvalue weighted by Crippen LogP contribution is 2.18. The first kappa shape index (κ1) is 12.7. The highest BCUT2D eigenvalue weighted by atomic mass is 32.1. The van der Waals surface area contributed by atoms with Crippen molar-refractivity contribution in [2.75, 3.05) is 0 Å². The largest absolute Gasteiger partial charge is 0.309 e. The molecular weight excluding hydrogens is 248 g/mol. The monoisotopic (exact) mass is 262 g/mol. The van der Waals surface area contributed by atoms with Gasteiger partial charge in [-0.1, -0.05) is 12.1 Å². The number of hydrogen-bond acceptors (Lipinski definition) is 3. The molecule has 2 aromatic rings. The summed E-state index contributed by atoms with van der Waals surface area (Å²) in [5.41, 5.74) is 1.78. The van der Waals surface area contributed by atoms with Crippen LogP contribution in [0, 0.1) is 4.77 Å². The minimum atomic E-state index is 0.0387. The van der Waals surface area contributed by atoms with Crippen molar-refractivity contribution in [1.82, 2.24) is 9.13 Å². The van der Waals surface area contributed by atoms with Gasteiger partial charge in [0.05, 0.1) is 24.1 Å². The summed E-state index contributed by atoms with van der Waals surface area (Å²) in [6, 6.07) is 7.60. The maximum absolute atomic E-state index is 11.3. The van der Waals surface area contributed by atoms with Gasteiger partial charge in [-0.25, -0.2) is 0 Å². The van der Waals surface area contributed by atoms with Crippen molar-refractivity contribution in [3.05, 3.63) is 29.0 Å². The van der Waals surface area contributed by atoms with Crippen LogP contribution in [0.4, 0.5) is 0 Å². The number of ketones is 2. The molecule has 0 N–H and O–H groups in total. The van der Waals surface area contributed by atoms with Gasteiger partial charge < -0.3 is 9.13 Å². The van der Waals surface area contributed by atoms with Gasteiger partial charge in [0.15, 0.2) is 4.77 Å². The number of benzene rings is 1. The van der Waals surface area contributed by atoms with Crippen LogP contribution in [0.2, 0.25) is 0 Å². The number of rotatable bonds is 4. The summed E-state index contributed by atoms with van der Waals surface area (Å²) < 4.78 is 4.06. The SMILES string of the molecule is CC(=O)Cn1c(=S)n(CC(C)=O)c2ccccc21. The summed E-state index contributed by atoms with van der Waals surface area (Å²) in [5, 5.41) is 0. The lowest BCUT2D eigenvalue weighted by Crippen LogP contribution is -2.09. The average molecular weight is 262 g/mol. The number of hydrogen-bond donors (Lipinski definition) is 0. The Hall–Kier alpha value is -1.75. The van der Waals surface area contributed by atoms with E-state index in [0.29, 0.717) is 4.77 Å². The first-order valence-electron chi connectivity index (χ1n) is 5.67.